The third kappa shape index (κ3) is 4.74. The maximum Gasteiger partial charge on any atom is 0.243 e. The van der Waals surface area contributed by atoms with Crippen molar-refractivity contribution in [3.63, 3.8) is 0 Å². The van der Waals surface area contributed by atoms with Crippen LogP contribution < -0.4 is 9.62 Å². The van der Waals surface area contributed by atoms with E-state index in [1.807, 2.05) is 20.8 Å². The minimum absolute atomic E-state index is 0.0165. The second-order valence-electron chi connectivity index (χ2n) is 5.61. The van der Waals surface area contributed by atoms with Gasteiger partial charge in [-0.25, -0.2) is 8.42 Å². The molecule has 0 fully saturated rings. The first kappa shape index (κ1) is 17.5. The monoisotopic (exact) mass is 312 g/mol. The Morgan fingerprint density at radius 1 is 1.10 bits per heavy atom. The molecule has 0 bridgehead atoms. The Bertz CT molecular complexity index is 570. The Labute approximate surface area is 127 Å². The van der Waals surface area contributed by atoms with Gasteiger partial charge in [-0.2, -0.15) is 0 Å². The van der Waals surface area contributed by atoms with E-state index in [-0.39, 0.29) is 17.9 Å². The van der Waals surface area contributed by atoms with Crippen LogP contribution in [0.4, 0.5) is 5.69 Å². The van der Waals surface area contributed by atoms with E-state index in [1.54, 1.807) is 37.3 Å². The fraction of sp³-hybridized carbons (Fsp3) is 0.533. The lowest BCUT2D eigenvalue weighted by Crippen LogP contribution is -2.50. The highest BCUT2D eigenvalue weighted by Crippen LogP contribution is 2.20. The maximum absolute atomic E-state index is 12.3. The molecular weight excluding hydrogens is 288 g/mol. The maximum atomic E-state index is 12.3. The lowest BCUT2D eigenvalue weighted by Gasteiger charge is -2.29. The Balaban J connectivity index is 3.03. The molecule has 118 valence electrons. The van der Waals surface area contributed by atoms with Crippen LogP contribution in [-0.4, -0.2) is 32.7 Å². The van der Waals surface area contributed by atoms with E-state index in [4.69, 9.17) is 0 Å². The van der Waals surface area contributed by atoms with E-state index in [1.165, 1.54) is 0 Å². The molecule has 2 atom stereocenters. The number of carbonyl (C=O) groups excluding carboxylic acids is 1. The number of hydrogen-bond acceptors (Lipinski definition) is 3. The van der Waals surface area contributed by atoms with Crippen LogP contribution in [0.2, 0.25) is 0 Å². The van der Waals surface area contributed by atoms with E-state index >= 15 is 0 Å². The van der Waals surface area contributed by atoms with E-state index < -0.39 is 16.1 Å². The number of nitrogens with one attached hydrogen (secondary N) is 1. The number of para-hydroxylation sites is 1. The zero-order chi connectivity index (χ0) is 16.2. The van der Waals surface area contributed by atoms with Crippen LogP contribution in [0.5, 0.6) is 0 Å². The van der Waals surface area contributed by atoms with E-state index in [0.29, 0.717) is 5.69 Å². The largest absolute Gasteiger partial charge is 0.352 e. The normalized spacial score (nSPS) is 14.6. The van der Waals surface area contributed by atoms with E-state index in [9.17, 15) is 13.2 Å². The standard InChI is InChI=1S/C15H24N2O3S/c1-11(2)12(3)16-15(18)13(4)17(21(5,19)20)14-9-7-6-8-10-14/h6-13H,1-5H3,(H,16,18). The molecule has 1 aromatic rings. The van der Waals surface area contributed by atoms with Gasteiger partial charge in [-0.05, 0) is 31.9 Å². The van der Waals surface area contributed by atoms with Gasteiger partial charge in [0.1, 0.15) is 6.04 Å². The molecule has 0 aromatic heterocycles. The highest BCUT2D eigenvalue weighted by atomic mass is 32.2. The minimum atomic E-state index is -3.55. The third-order valence-electron chi connectivity index (χ3n) is 3.47. The van der Waals surface area contributed by atoms with Gasteiger partial charge in [0.25, 0.3) is 0 Å². The molecule has 1 rings (SSSR count). The number of hydrogen-bond donors (Lipinski definition) is 1. The molecule has 6 heteroatoms. The van der Waals surface area contributed by atoms with Gasteiger partial charge in [0.15, 0.2) is 0 Å². The van der Waals surface area contributed by atoms with Crippen molar-refractivity contribution >= 4 is 21.6 Å². The number of benzene rings is 1. The Morgan fingerprint density at radius 2 is 1.62 bits per heavy atom. The Kier molecular flexibility index (Phi) is 5.78. The highest BCUT2D eigenvalue weighted by molar-refractivity contribution is 7.92. The molecule has 1 amide bonds. The molecule has 21 heavy (non-hydrogen) atoms. The summed E-state index contributed by atoms with van der Waals surface area (Å²) < 4.78 is 25.2. The van der Waals surface area contributed by atoms with Crippen LogP contribution in [0, 0.1) is 5.92 Å². The van der Waals surface area contributed by atoms with Gasteiger partial charge in [-0.1, -0.05) is 32.0 Å². The number of carbonyl (C=O) groups is 1. The van der Waals surface area contributed by atoms with Crippen molar-refractivity contribution in [3.05, 3.63) is 30.3 Å². The lowest BCUT2D eigenvalue weighted by molar-refractivity contribution is -0.122. The van der Waals surface area contributed by atoms with Crippen LogP contribution in [0.25, 0.3) is 0 Å². The van der Waals surface area contributed by atoms with Crippen LogP contribution in [0.15, 0.2) is 30.3 Å². The molecule has 1 aromatic carbocycles. The quantitative estimate of drug-likeness (QED) is 0.873. The lowest BCUT2D eigenvalue weighted by atomic mass is 10.1. The average molecular weight is 312 g/mol. The summed E-state index contributed by atoms with van der Waals surface area (Å²) in [7, 11) is -3.55. The Morgan fingerprint density at radius 3 is 2.05 bits per heavy atom. The molecule has 0 aliphatic rings. The first-order valence-corrected chi connectivity index (χ1v) is 8.84. The highest BCUT2D eigenvalue weighted by Gasteiger charge is 2.29. The van der Waals surface area contributed by atoms with Gasteiger partial charge in [0.2, 0.25) is 15.9 Å². The first-order chi connectivity index (χ1) is 9.64. The fourth-order valence-corrected chi connectivity index (χ4v) is 3.07. The van der Waals surface area contributed by atoms with Crippen molar-refractivity contribution in [3.8, 4) is 0 Å². The van der Waals surface area contributed by atoms with Crippen molar-refractivity contribution in [1.82, 2.24) is 5.32 Å². The molecule has 0 aliphatic carbocycles. The summed E-state index contributed by atoms with van der Waals surface area (Å²) >= 11 is 0. The SMILES string of the molecule is CC(C)C(C)NC(=O)C(C)N(c1ccccc1)S(C)(=O)=O. The first-order valence-electron chi connectivity index (χ1n) is 6.99. The molecule has 0 saturated carbocycles. The van der Waals surface area contributed by atoms with Crippen molar-refractivity contribution in [2.24, 2.45) is 5.92 Å². The van der Waals surface area contributed by atoms with Crippen molar-refractivity contribution in [2.75, 3.05) is 10.6 Å². The Hall–Kier alpha value is -1.56. The smallest absolute Gasteiger partial charge is 0.243 e. The predicted octanol–water partition coefficient (Wildman–Crippen LogP) is 2.00. The summed E-state index contributed by atoms with van der Waals surface area (Å²) in [6, 6.07) is 7.83. The molecule has 0 heterocycles. The van der Waals surface area contributed by atoms with Gasteiger partial charge in [0, 0.05) is 6.04 Å². The summed E-state index contributed by atoms with van der Waals surface area (Å²) in [6.07, 6.45) is 1.11. The molecular formula is C15H24N2O3S. The van der Waals surface area contributed by atoms with Crippen molar-refractivity contribution in [2.45, 2.75) is 39.8 Å². The minimum Gasteiger partial charge on any atom is -0.352 e. The summed E-state index contributed by atoms with van der Waals surface area (Å²) in [4.78, 5) is 12.3. The second-order valence-corrected chi connectivity index (χ2v) is 7.47. The third-order valence-corrected chi connectivity index (χ3v) is 4.71. The van der Waals surface area contributed by atoms with Crippen LogP contribution in [0.1, 0.15) is 27.7 Å². The van der Waals surface area contributed by atoms with Gasteiger partial charge in [-0.3, -0.25) is 9.10 Å². The summed E-state index contributed by atoms with van der Waals surface area (Å²) in [5.41, 5.74) is 0.486. The number of nitrogens with zero attached hydrogens (tertiary/aromatic N) is 1. The van der Waals surface area contributed by atoms with E-state index in [2.05, 4.69) is 5.32 Å². The molecule has 0 saturated heterocycles. The topological polar surface area (TPSA) is 66.5 Å². The van der Waals surface area contributed by atoms with Gasteiger partial charge in [-0.15, -0.1) is 0 Å². The fourth-order valence-electron chi connectivity index (χ4n) is 1.90. The molecule has 2 unspecified atom stereocenters. The zero-order valence-corrected chi connectivity index (χ0v) is 14.0. The van der Waals surface area contributed by atoms with Gasteiger partial charge < -0.3 is 5.32 Å². The summed E-state index contributed by atoms with van der Waals surface area (Å²) in [5, 5.41) is 2.86. The number of sulfonamides is 1. The summed E-state index contributed by atoms with van der Waals surface area (Å²) in [6.45, 7) is 7.50. The van der Waals surface area contributed by atoms with Crippen LogP contribution in [-0.2, 0) is 14.8 Å². The van der Waals surface area contributed by atoms with Crippen LogP contribution >= 0.6 is 0 Å². The molecule has 0 spiro atoms. The van der Waals surface area contributed by atoms with Crippen molar-refractivity contribution in [1.29, 1.82) is 0 Å². The van der Waals surface area contributed by atoms with Gasteiger partial charge in [0.05, 0.1) is 11.9 Å². The predicted molar refractivity (Wildman–Crippen MR) is 85.7 cm³/mol. The van der Waals surface area contributed by atoms with Crippen molar-refractivity contribution < 1.29 is 13.2 Å². The number of anilines is 1. The second kappa shape index (κ2) is 6.93. The summed E-state index contributed by atoms with van der Waals surface area (Å²) in [5.74, 6) is -0.0185. The van der Waals surface area contributed by atoms with E-state index in [0.717, 1.165) is 10.6 Å². The number of amides is 1. The molecule has 0 radical (unpaired) electrons. The molecule has 1 N–H and O–H groups in total. The van der Waals surface area contributed by atoms with Gasteiger partial charge >= 0.3 is 0 Å². The zero-order valence-electron chi connectivity index (χ0n) is 13.2. The number of rotatable bonds is 6. The molecule has 5 nitrogen and oxygen atoms in total. The average Bonchev–Trinajstić information content (AvgIpc) is 2.38. The molecule has 0 aliphatic heterocycles. The van der Waals surface area contributed by atoms with Crippen LogP contribution in [0.3, 0.4) is 0 Å².